The summed E-state index contributed by atoms with van der Waals surface area (Å²) in [6, 6.07) is -0.000901. The zero-order chi connectivity index (χ0) is 11.4. The van der Waals surface area contributed by atoms with Crippen LogP contribution in [-0.4, -0.2) is 29.6 Å². The Morgan fingerprint density at radius 1 is 1.40 bits per heavy atom. The molecule has 1 saturated heterocycles. The minimum Gasteiger partial charge on any atom is -0.326 e. The number of carbonyl (C=O) groups excluding carboxylic acids is 1. The number of rotatable bonds is 5. The van der Waals surface area contributed by atoms with E-state index in [0.29, 0.717) is 5.92 Å². The van der Waals surface area contributed by atoms with Gasteiger partial charge in [-0.2, -0.15) is 0 Å². The SMILES string of the molecule is CCCCCN1C(=O)C(C)NC1C(C)C. The van der Waals surface area contributed by atoms with Crippen molar-refractivity contribution in [2.45, 2.75) is 59.2 Å². The lowest BCUT2D eigenvalue weighted by atomic mass is 10.1. The third-order valence-corrected chi connectivity index (χ3v) is 3.04. The standard InChI is InChI=1S/C12H24N2O/c1-5-6-7-8-14-11(9(2)3)13-10(4)12(14)15/h9-11,13H,5-8H2,1-4H3. The second-order valence-electron chi connectivity index (χ2n) is 4.82. The average Bonchev–Trinajstić information content (AvgIpc) is 2.46. The number of nitrogens with zero attached hydrogens (tertiary/aromatic N) is 1. The van der Waals surface area contributed by atoms with Crippen LogP contribution in [0.1, 0.15) is 47.0 Å². The Morgan fingerprint density at radius 2 is 2.07 bits per heavy atom. The molecule has 0 spiro atoms. The molecule has 0 aromatic carbocycles. The van der Waals surface area contributed by atoms with Crippen molar-refractivity contribution in [1.82, 2.24) is 10.2 Å². The fourth-order valence-corrected chi connectivity index (χ4v) is 2.14. The molecule has 1 aliphatic rings. The van der Waals surface area contributed by atoms with E-state index in [1.165, 1.54) is 12.8 Å². The fourth-order valence-electron chi connectivity index (χ4n) is 2.14. The normalized spacial score (nSPS) is 26.7. The number of carbonyl (C=O) groups is 1. The van der Waals surface area contributed by atoms with Crippen molar-refractivity contribution < 1.29 is 4.79 Å². The highest BCUT2D eigenvalue weighted by molar-refractivity contribution is 5.83. The maximum Gasteiger partial charge on any atom is 0.240 e. The number of amides is 1. The van der Waals surface area contributed by atoms with Crippen molar-refractivity contribution in [3.8, 4) is 0 Å². The Morgan fingerprint density at radius 3 is 2.60 bits per heavy atom. The monoisotopic (exact) mass is 212 g/mol. The molecule has 0 aromatic rings. The first-order valence-corrected chi connectivity index (χ1v) is 6.14. The topological polar surface area (TPSA) is 32.3 Å². The summed E-state index contributed by atoms with van der Waals surface area (Å²) in [5.41, 5.74) is 0. The van der Waals surface area contributed by atoms with Crippen molar-refractivity contribution in [3.05, 3.63) is 0 Å². The molecular weight excluding hydrogens is 188 g/mol. The smallest absolute Gasteiger partial charge is 0.240 e. The lowest BCUT2D eigenvalue weighted by Crippen LogP contribution is -2.41. The van der Waals surface area contributed by atoms with Crippen LogP contribution >= 0.6 is 0 Å². The number of hydrogen-bond acceptors (Lipinski definition) is 2. The van der Waals surface area contributed by atoms with Crippen molar-refractivity contribution in [3.63, 3.8) is 0 Å². The summed E-state index contributed by atoms with van der Waals surface area (Å²) in [5.74, 6) is 0.755. The third-order valence-electron chi connectivity index (χ3n) is 3.04. The van der Waals surface area contributed by atoms with E-state index in [2.05, 4.69) is 26.1 Å². The van der Waals surface area contributed by atoms with E-state index < -0.39 is 0 Å². The molecular formula is C12H24N2O. The predicted molar refractivity (Wildman–Crippen MR) is 62.5 cm³/mol. The maximum absolute atomic E-state index is 11.9. The summed E-state index contributed by atoms with van der Waals surface area (Å²) in [4.78, 5) is 13.9. The Hall–Kier alpha value is -0.570. The molecule has 0 radical (unpaired) electrons. The van der Waals surface area contributed by atoms with Crippen LogP contribution in [0.25, 0.3) is 0 Å². The van der Waals surface area contributed by atoms with Gasteiger partial charge in [0, 0.05) is 6.54 Å². The summed E-state index contributed by atoms with van der Waals surface area (Å²) in [6.45, 7) is 9.38. The molecule has 1 fully saturated rings. The first-order chi connectivity index (χ1) is 7.07. The molecule has 3 heteroatoms. The van der Waals surface area contributed by atoms with E-state index in [4.69, 9.17) is 0 Å². The highest BCUT2D eigenvalue weighted by atomic mass is 16.2. The van der Waals surface area contributed by atoms with Gasteiger partial charge >= 0.3 is 0 Å². The second kappa shape index (κ2) is 5.50. The van der Waals surface area contributed by atoms with Crippen LogP contribution < -0.4 is 5.32 Å². The number of unbranched alkanes of at least 4 members (excludes halogenated alkanes) is 2. The molecule has 0 aromatic heterocycles. The van der Waals surface area contributed by atoms with Gasteiger partial charge in [-0.25, -0.2) is 0 Å². The van der Waals surface area contributed by atoms with Crippen molar-refractivity contribution >= 4 is 5.91 Å². The van der Waals surface area contributed by atoms with Gasteiger partial charge in [0.25, 0.3) is 0 Å². The summed E-state index contributed by atoms with van der Waals surface area (Å²) in [6.07, 6.45) is 3.78. The second-order valence-corrected chi connectivity index (χ2v) is 4.82. The summed E-state index contributed by atoms with van der Waals surface area (Å²) in [7, 11) is 0. The van der Waals surface area contributed by atoms with Gasteiger partial charge in [-0.05, 0) is 19.3 Å². The maximum atomic E-state index is 11.9. The molecule has 0 aliphatic carbocycles. The average molecular weight is 212 g/mol. The zero-order valence-corrected chi connectivity index (χ0v) is 10.4. The molecule has 1 heterocycles. The number of hydrogen-bond donors (Lipinski definition) is 1. The summed E-state index contributed by atoms with van der Waals surface area (Å²) in [5, 5.41) is 3.36. The van der Waals surface area contributed by atoms with E-state index in [1.807, 2.05) is 11.8 Å². The Bertz CT molecular complexity index is 216. The minimum absolute atomic E-state index is 0.000901. The van der Waals surface area contributed by atoms with Crippen LogP contribution in [0.15, 0.2) is 0 Å². The molecule has 3 nitrogen and oxygen atoms in total. The van der Waals surface area contributed by atoms with Crippen LogP contribution in [0, 0.1) is 5.92 Å². The van der Waals surface area contributed by atoms with Gasteiger partial charge in [0.15, 0.2) is 0 Å². The predicted octanol–water partition coefficient (Wildman–Crippen LogP) is 1.98. The van der Waals surface area contributed by atoms with Crippen LogP contribution in [0.4, 0.5) is 0 Å². The molecule has 88 valence electrons. The van der Waals surface area contributed by atoms with E-state index in [1.54, 1.807) is 0 Å². The molecule has 0 saturated carbocycles. The van der Waals surface area contributed by atoms with Gasteiger partial charge in [0.1, 0.15) is 0 Å². The van der Waals surface area contributed by atoms with Crippen LogP contribution in [0.2, 0.25) is 0 Å². The van der Waals surface area contributed by atoms with Gasteiger partial charge in [0.2, 0.25) is 5.91 Å². The van der Waals surface area contributed by atoms with Crippen molar-refractivity contribution in [2.24, 2.45) is 5.92 Å². The summed E-state index contributed by atoms with van der Waals surface area (Å²) < 4.78 is 0. The van der Waals surface area contributed by atoms with Gasteiger partial charge in [-0.1, -0.05) is 33.6 Å². The number of nitrogens with one attached hydrogen (secondary N) is 1. The van der Waals surface area contributed by atoms with Crippen LogP contribution in [-0.2, 0) is 4.79 Å². The van der Waals surface area contributed by atoms with Crippen LogP contribution in [0.5, 0.6) is 0 Å². The van der Waals surface area contributed by atoms with E-state index >= 15 is 0 Å². The van der Waals surface area contributed by atoms with Crippen LogP contribution in [0.3, 0.4) is 0 Å². The fraction of sp³-hybridized carbons (Fsp3) is 0.917. The Kier molecular flexibility index (Phi) is 4.58. The lowest BCUT2D eigenvalue weighted by molar-refractivity contribution is -0.130. The van der Waals surface area contributed by atoms with E-state index in [9.17, 15) is 4.79 Å². The summed E-state index contributed by atoms with van der Waals surface area (Å²) >= 11 is 0. The molecule has 1 amide bonds. The molecule has 2 unspecified atom stereocenters. The Balaban J connectivity index is 2.53. The van der Waals surface area contributed by atoms with Gasteiger partial charge in [0.05, 0.1) is 12.2 Å². The molecule has 2 atom stereocenters. The van der Waals surface area contributed by atoms with E-state index in [-0.39, 0.29) is 18.1 Å². The zero-order valence-electron chi connectivity index (χ0n) is 10.4. The van der Waals surface area contributed by atoms with Crippen molar-refractivity contribution in [2.75, 3.05) is 6.54 Å². The van der Waals surface area contributed by atoms with Crippen molar-refractivity contribution in [1.29, 1.82) is 0 Å². The third kappa shape index (κ3) is 2.94. The first-order valence-electron chi connectivity index (χ1n) is 6.14. The highest BCUT2D eigenvalue weighted by Crippen LogP contribution is 2.18. The first kappa shape index (κ1) is 12.5. The molecule has 15 heavy (non-hydrogen) atoms. The molecule has 1 aliphatic heterocycles. The van der Waals surface area contributed by atoms with Gasteiger partial charge in [-0.15, -0.1) is 0 Å². The lowest BCUT2D eigenvalue weighted by Gasteiger charge is -2.27. The molecule has 0 bridgehead atoms. The highest BCUT2D eigenvalue weighted by Gasteiger charge is 2.36. The van der Waals surface area contributed by atoms with Gasteiger partial charge < -0.3 is 4.90 Å². The molecule has 1 rings (SSSR count). The molecule has 1 N–H and O–H groups in total. The Labute approximate surface area is 93.2 Å². The minimum atomic E-state index is -0.000901. The quantitative estimate of drug-likeness (QED) is 0.707. The largest absolute Gasteiger partial charge is 0.326 e. The van der Waals surface area contributed by atoms with E-state index in [0.717, 1.165) is 13.0 Å². The van der Waals surface area contributed by atoms with Gasteiger partial charge in [-0.3, -0.25) is 10.1 Å².